The van der Waals surface area contributed by atoms with Gasteiger partial charge in [0.25, 0.3) is 0 Å². The lowest BCUT2D eigenvalue weighted by Crippen LogP contribution is -2.05. The maximum absolute atomic E-state index is 12.8. The van der Waals surface area contributed by atoms with Crippen molar-refractivity contribution in [1.82, 2.24) is 9.97 Å². The van der Waals surface area contributed by atoms with Gasteiger partial charge in [-0.25, -0.2) is 9.97 Å². The van der Waals surface area contributed by atoms with Crippen LogP contribution >= 0.6 is 23.2 Å². The van der Waals surface area contributed by atoms with Gasteiger partial charge in [-0.2, -0.15) is 13.2 Å². The Bertz CT molecular complexity index is 934. The van der Waals surface area contributed by atoms with Crippen molar-refractivity contribution < 1.29 is 17.9 Å². The molecule has 0 fully saturated rings. The molecule has 0 amide bonds. The van der Waals surface area contributed by atoms with Gasteiger partial charge in [-0.05, 0) is 41.5 Å². The number of ether oxygens (including phenoxy) is 1. The molecule has 0 aliphatic rings. The Hall–Kier alpha value is -2.15. The lowest BCUT2D eigenvalue weighted by molar-refractivity contribution is -0.137. The molecule has 0 spiro atoms. The first-order valence-corrected chi connectivity index (χ1v) is 8.59. The number of rotatable bonds is 5. The quantitative estimate of drug-likeness (QED) is 0.501. The summed E-state index contributed by atoms with van der Waals surface area (Å²) in [6.07, 6.45) is -1.20. The standard InChI is InChI=1S/C19H13Cl2F3N2O/c20-16-9-17(21)15(18-25-5-2-6-26-18)8-13(16)11-27-10-12-3-1-4-14(7-12)19(22,23)24/h1-9H,10-11H2. The van der Waals surface area contributed by atoms with E-state index in [1.165, 1.54) is 6.07 Å². The van der Waals surface area contributed by atoms with Crippen molar-refractivity contribution in [1.29, 1.82) is 0 Å². The van der Waals surface area contributed by atoms with E-state index in [-0.39, 0.29) is 13.2 Å². The predicted molar refractivity (Wildman–Crippen MR) is 97.4 cm³/mol. The van der Waals surface area contributed by atoms with Crippen LogP contribution < -0.4 is 0 Å². The molecule has 140 valence electrons. The first-order valence-electron chi connectivity index (χ1n) is 7.84. The van der Waals surface area contributed by atoms with E-state index in [9.17, 15) is 13.2 Å². The summed E-state index contributed by atoms with van der Waals surface area (Å²) in [7, 11) is 0. The second-order valence-corrected chi connectivity index (χ2v) is 6.50. The molecule has 0 saturated carbocycles. The molecule has 0 saturated heterocycles. The molecule has 0 aliphatic heterocycles. The van der Waals surface area contributed by atoms with Gasteiger partial charge in [-0.1, -0.05) is 35.3 Å². The van der Waals surface area contributed by atoms with Crippen molar-refractivity contribution in [2.45, 2.75) is 19.4 Å². The van der Waals surface area contributed by atoms with E-state index in [0.717, 1.165) is 12.1 Å². The fraction of sp³-hybridized carbons (Fsp3) is 0.158. The minimum Gasteiger partial charge on any atom is -0.372 e. The van der Waals surface area contributed by atoms with Gasteiger partial charge in [-0.15, -0.1) is 0 Å². The molecule has 3 rings (SSSR count). The number of hydrogen-bond acceptors (Lipinski definition) is 3. The highest BCUT2D eigenvalue weighted by Gasteiger charge is 2.30. The summed E-state index contributed by atoms with van der Waals surface area (Å²) in [5.74, 6) is 0.443. The van der Waals surface area contributed by atoms with Crippen molar-refractivity contribution in [3.8, 4) is 11.4 Å². The van der Waals surface area contributed by atoms with Gasteiger partial charge < -0.3 is 4.74 Å². The molecule has 1 aromatic heterocycles. The van der Waals surface area contributed by atoms with E-state index in [4.69, 9.17) is 27.9 Å². The number of halogens is 5. The summed E-state index contributed by atoms with van der Waals surface area (Å²) in [4.78, 5) is 8.31. The van der Waals surface area contributed by atoms with E-state index >= 15 is 0 Å². The maximum Gasteiger partial charge on any atom is 0.416 e. The number of aromatic nitrogens is 2. The molecule has 0 atom stereocenters. The Balaban J connectivity index is 1.73. The molecule has 27 heavy (non-hydrogen) atoms. The SMILES string of the molecule is FC(F)(F)c1cccc(COCc2cc(-c3ncccn3)c(Cl)cc2Cl)c1. The zero-order valence-corrected chi connectivity index (χ0v) is 15.3. The first kappa shape index (κ1) is 19.6. The molecule has 1 heterocycles. The van der Waals surface area contributed by atoms with E-state index < -0.39 is 11.7 Å². The van der Waals surface area contributed by atoms with Crippen LogP contribution in [0.4, 0.5) is 13.2 Å². The predicted octanol–water partition coefficient (Wildman–Crippen LogP) is 6.19. The second kappa shape index (κ2) is 8.25. The smallest absolute Gasteiger partial charge is 0.372 e. The number of hydrogen-bond donors (Lipinski definition) is 0. The van der Waals surface area contributed by atoms with Crippen LogP contribution in [-0.2, 0) is 24.1 Å². The van der Waals surface area contributed by atoms with E-state index in [2.05, 4.69) is 9.97 Å². The minimum absolute atomic E-state index is 0.0139. The fourth-order valence-corrected chi connectivity index (χ4v) is 2.95. The lowest BCUT2D eigenvalue weighted by atomic mass is 10.1. The van der Waals surface area contributed by atoms with Gasteiger partial charge in [0.15, 0.2) is 5.82 Å². The van der Waals surface area contributed by atoms with Crippen LogP contribution in [0, 0.1) is 0 Å². The summed E-state index contributed by atoms with van der Waals surface area (Å²) in [5.41, 5.74) is 0.938. The average molecular weight is 413 g/mol. The molecular weight excluding hydrogens is 400 g/mol. The molecule has 3 aromatic rings. The van der Waals surface area contributed by atoms with Crippen LogP contribution in [0.5, 0.6) is 0 Å². The third-order valence-corrected chi connectivity index (χ3v) is 4.39. The molecule has 0 bridgehead atoms. The Morgan fingerprint density at radius 2 is 1.63 bits per heavy atom. The number of benzene rings is 2. The lowest BCUT2D eigenvalue weighted by Gasteiger charge is -2.11. The largest absolute Gasteiger partial charge is 0.416 e. The highest BCUT2D eigenvalue weighted by molar-refractivity contribution is 6.36. The summed E-state index contributed by atoms with van der Waals surface area (Å²) in [6, 6.07) is 9.97. The summed E-state index contributed by atoms with van der Waals surface area (Å²) in [6.45, 7) is 0.117. The van der Waals surface area contributed by atoms with Crippen LogP contribution in [0.25, 0.3) is 11.4 Å². The minimum atomic E-state index is -4.39. The van der Waals surface area contributed by atoms with Crippen LogP contribution in [0.2, 0.25) is 10.0 Å². The van der Waals surface area contributed by atoms with Crippen molar-refractivity contribution in [2.24, 2.45) is 0 Å². The molecule has 0 unspecified atom stereocenters. The molecule has 0 radical (unpaired) electrons. The average Bonchev–Trinajstić information content (AvgIpc) is 2.64. The summed E-state index contributed by atoms with van der Waals surface area (Å²) in [5, 5.41) is 0.788. The van der Waals surface area contributed by atoms with Gasteiger partial charge in [0.1, 0.15) is 0 Å². The van der Waals surface area contributed by atoms with Crippen molar-refractivity contribution in [3.05, 3.63) is 81.6 Å². The van der Waals surface area contributed by atoms with Crippen LogP contribution in [0.3, 0.4) is 0 Å². The highest BCUT2D eigenvalue weighted by Crippen LogP contribution is 2.32. The van der Waals surface area contributed by atoms with Gasteiger partial charge in [0.2, 0.25) is 0 Å². The molecule has 8 heteroatoms. The summed E-state index contributed by atoms with van der Waals surface area (Å²) < 4.78 is 43.9. The molecule has 2 aromatic carbocycles. The Kier molecular flexibility index (Phi) is 5.99. The van der Waals surface area contributed by atoms with E-state index in [0.29, 0.717) is 32.6 Å². The third-order valence-electron chi connectivity index (χ3n) is 3.72. The van der Waals surface area contributed by atoms with Crippen LogP contribution in [0.15, 0.2) is 54.9 Å². The first-order chi connectivity index (χ1) is 12.8. The molecule has 3 nitrogen and oxygen atoms in total. The Morgan fingerprint density at radius 1 is 0.889 bits per heavy atom. The number of nitrogens with zero attached hydrogens (tertiary/aromatic N) is 2. The fourth-order valence-electron chi connectivity index (χ4n) is 2.43. The van der Waals surface area contributed by atoms with Crippen LogP contribution in [-0.4, -0.2) is 9.97 Å². The van der Waals surface area contributed by atoms with Gasteiger partial charge in [-0.3, -0.25) is 0 Å². The number of alkyl halides is 3. The molecule has 0 aliphatic carbocycles. The van der Waals surface area contributed by atoms with Crippen molar-refractivity contribution in [3.63, 3.8) is 0 Å². The monoisotopic (exact) mass is 412 g/mol. The summed E-state index contributed by atoms with van der Waals surface area (Å²) >= 11 is 12.4. The van der Waals surface area contributed by atoms with Crippen LogP contribution in [0.1, 0.15) is 16.7 Å². The normalized spacial score (nSPS) is 11.6. The van der Waals surface area contributed by atoms with Gasteiger partial charge in [0.05, 0.1) is 23.8 Å². The zero-order chi connectivity index (χ0) is 19.4. The van der Waals surface area contributed by atoms with Crippen molar-refractivity contribution in [2.75, 3.05) is 0 Å². The highest BCUT2D eigenvalue weighted by atomic mass is 35.5. The van der Waals surface area contributed by atoms with Crippen molar-refractivity contribution >= 4 is 23.2 Å². The van der Waals surface area contributed by atoms with Gasteiger partial charge in [0, 0.05) is 23.0 Å². The Morgan fingerprint density at radius 3 is 2.33 bits per heavy atom. The molecular formula is C19H13Cl2F3N2O. The topological polar surface area (TPSA) is 35.0 Å². The zero-order valence-electron chi connectivity index (χ0n) is 13.8. The molecule has 0 N–H and O–H groups in total. The van der Waals surface area contributed by atoms with Gasteiger partial charge >= 0.3 is 6.18 Å². The van der Waals surface area contributed by atoms with E-state index in [1.807, 2.05) is 0 Å². The second-order valence-electron chi connectivity index (χ2n) is 5.69. The Labute approximate surface area is 163 Å². The maximum atomic E-state index is 12.8. The third kappa shape index (κ3) is 4.97. The van der Waals surface area contributed by atoms with E-state index in [1.54, 1.807) is 36.7 Å².